The molecular formula is C25H26N8O2. The number of rotatable bonds is 6. The van der Waals surface area contributed by atoms with Crippen LogP contribution in [0.4, 0.5) is 5.69 Å². The van der Waals surface area contributed by atoms with Crippen LogP contribution in [0.5, 0.6) is 11.5 Å². The molecule has 2 aliphatic heterocycles. The summed E-state index contributed by atoms with van der Waals surface area (Å²) in [6.07, 6.45) is 6.75. The van der Waals surface area contributed by atoms with Gasteiger partial charge in [0.1, 0.15) is 35.7 Å². The first-order valence-electron chi connectivity index (χ1n) is 11.2. The van der Waals surface area contributed by atoms with Crippen molar-refractivity contribution in [3.05, 3.63) is 72.6 Å². The molecule has 2 aliphatic rings. The number of nitrogens with zero attached hydrogens (tertiary/aromatic N) is 7. The number of amidine groups is 1. The number of ether oxygens (including phenoxy) is 2. The molecule has 0 saturated carbocycles. The van der Waals surface area contributed by atoms with Gasteiger partial charge in [0.05, 0.1) is 25.0 Å². The second-order valence-electron chi connectivity index (χ2n) is 8.21. The van der Waals surface area contributed by atoms with Crippen LogP contribution in [0.15, 0.2) is 82.0 Å². The van der Waals surface area contributed by atoms with Gasteiger partial charge in [0, 0.05) is 25.0 Å². The van der Waals surface area contributed by atoms with Crippen LogP contribution < -0.4 is 10.1 Å². The number of fused-ring (bicyclic) bond motifs is 1. The SMILES string of the molecule is C=C(/N=C1/C(Nc2ccc(Oc3ccn4ncnc4c3)c(C)c2)=NC=N/C1=C/C)N(C)C1COC1. The monoisotopic (exact) mass is 470 g/mol. The summed E-state index contributed by atoms with van der Waals surface area (Å²) in [4.78, 5) is 19.8. The van der Waals surface area contributed by atoms with E-state index in [1.54, 1.807) is 4.52 Å². The lowest BCUT2D eigenvalue weighted by atomic mass is 10.1. The third-order valence-electron chi connectivity index (χ3n) is 5.86. The number of aliphatic imine (C=N–C) groups is 3. The second kappa shape index (κ2) is 9.51. The highest BCUT2D eigenvalue weighted by atomic mass is 16.5. The Morgan fingerprint density at radius 2 is 2.17 bits per heavy atom. The Bertz CT molecular complexity index is 1400. The Kier molecular flexibility index (Phi) is 6.11. The molecule has 178 valence electrons. The smallest absolute Gasteiger partial charge is 0.160 e. The minimum atomic E-state index is 0.280. The van der Waals surface area contributed by atoms with Gasteiger partial charge in [-0.15, -0.1) is 0 Å². The van der Waals surface area contributed by atoms with Gasteiger partial charge >= 0.3 is 0 Å². The molecule has 1 N–H and O–H groups in total. The number of hydrogen-bond donors (Lipinski definition) is 1. The average Bonchev–Trinajstić information content (AvgIpc) is 3.28. The van der Waals surface area contributed by atoms with Crippen molar-refractivity contribution >= 4 is 29.2 Å². The molecule has 10 nitrogen and oxygen atoms in total. The molecule has 0 spiro atoms. The number of aryl methyl sites for hydroxylation is 1. The number of aromatic nitrogens is 3. The molecule has 1 saturated heterocycles. The standard InChI is InChI=1S/C25H26N8O2/c1-5-21-24(30-17(3)32(4)19-12-34-13-19)25(28-14-26-21)31-18-6-7-22(16(2)10-18)35-20-8-9-33-23(11-20)27-15-29-33/h5-11,14-15,19H,3,12-13H2,1-2,4H3,(H,26,28,31)/b21-5+,30-24+. The van der Waals surface area contributed by atoms with E-state index in [1.807, 2.05) is 68.4 Å². The van der Waals surface area contributed by atoms with Crippen molar-refractivity contribution in [3.8, 4) is 11.5 Å². The number of pyridine rings is 1. The maximum atomic E-state index is 6.08. The minimum Gasteiger partial charge on any atom is -0.457 e. The first-order chi connectivity index (χ1) is 17.0. The van der Waals surface area contributed by atoms with Gasteiger partial charge < -0.3 is 19.7 Å². The van der Waals surface area contributed by atoms with Gasteiger partial charge in [-0.25, -0.2) is 24.5 Å². The van der Waals surface area contributed by atoms with Gasteiger partial charge in [0.2, 0.25) is 0 Å². The van der Waals surface area contributed by atoms with E-state index in [1.165, 1.54) is 12.7 Å². The van der Waals surface area contributed by atoms with Crippen molar-refractivity contribution in [2.45, 2.75) is 19.9 Å². The van der Waals surface area contributed by atoms with Crippen LogP contribution in [-0.4, -0.2) is 63.7 Å². The Morgan fingerprint density at radius 3 is 2.91 bits per heavy atom. The summed E-state index contributed by atoms with van der Waals surface area (Å²) in [7, 11) is 1.97. The molecule has 0 radical (unpaired) electrons. The van der Waals surface area contributed by atoms with Gasteiger partial charge in [-0.2, -0.15) is 5.10 Å². The summed E-state index contributed by atoms with van der Waals surface area (Å²) in [5.74, 6) is 2.66. The minimum absolute atomic E-state index is 0.280. The van der Waals surface area contributed by atoms with E-state index in [4.69, 9.17) is 14.5 Å². The maximum absolute atomic E-state index is 6.08. The normalized spacial score (nSPS) is 18.0. The summed E-state index contributed by atoms with van der Waals surface area (Å²) in [6.45, 7) is 9.40. The predicted octanol–water partition coefficient (Wildman–Crippen LogP) is 3.83. The molecular weight excluding hydrogens is 444 g/mol. The van der Waals surface area contributed by atoms with Crippen molar-refractivity contribution in [1.29, 1.82) is 0 Å². The molecule has 0 bridgehead atoms. The van der Waals surface area contributed by atoms with Crippen LogP contribution >= 0.6 is 0 Å². The molecule has 1 fully saturated rings. The lowest BCUT2D eigenvalue weighted by molar-refractivity contribution is -0.0452. The Labute approximate surface area is 203 Å². The molecule has 0 atom stereocenters. The van der Waals surface area contributed by atoms with Crippen LogP contribution in [0.2, 0.25) is 0 Å². The molecule has 4 heterocycles. The third-order valence-corrected chi connectivity index (χ3v) is 5.86. The van der Waals surface area contributed by atoms with Crippen molar-refractivity contribution in [3.63, 3.8) is 0 Å². The molecule has 35 heavy (non-hydrogen) atoms. The molecule has 1 aromatic carbocycles. The van der Waals surface area contributed by atoms with Crippen molar-refractivity contribution in [2.75, 3.05) is 25.6 Å². The maximum Gasteiger partial charge on any atom is 0.160 e. The summed E-state index contributed by atoms with van der Waals surface area (Å²) < 4.78 is 13.1. The van der Waals surface area contributed by atoms with E-state index in [0.29, 0.717) is 36.3 Å². The van der Waals surface area contributed by atoms with E-state index in [2.05, 4.69) is 32.0 Å². The molecule has 3 aromatic rings. The molecule has 5 rings (SSSR count). The van der Waals surface area contributed by atoms with E-state index in [0.717, 1.165) is 28.3 Å². The Hall–Kier alpha value is -4.31. The highest BCUT2D eigenvalue weighted by Gasteiger charge is 2.25. The Morgan fingerprint density at radius 1 is 1.31 bits per heavy atom. The van der Waals surface area contributed by atoms with E-state index in [9.17, 15) is 0 Å². The first kappa shape index (κ1) is 22.5. The summed E-state index contributed by atoms with van der Waals surface area (Å²) >= 11 is 0. The molecule has 0 amide bonds. The van der Waals surface area contributed by atoms with E-state index >= 15 is 0 Å². The number of likely N-dealkylation sites (N-methyl/N-ethyl adjacent to an activating group) is 1. The number of allylic oxidation sites excluding steroid dienone is 1. The largest absolute Gasteiger partial charge is 0.457 e. The van der Waals surface area contributed by atoms with Gasteiger partial charge in [0.15, 0.2) is 11.5 Å². The zero-order valence-electron chi connectivity index (χ0n) is 19.8. The highest BCUT2D eigenvalue weighted by Crippen LogP contribution is 2.28. The number of benzene rings is 1. The summed E-state index contributed by atoms with van der Waals surface area (Å²) in [6, 6.07) is 9.83. The highest BCUT2D eigenvalue weighted by molar-refractivity contribution is 6.52. The zero-order chi connectivity index (χ0) is 24.4. The third kappa shape index (κ3) is 4.69. The van der Waals surface area contributed by atoms with E-state index < -0.39 is 0 Å². The number of anilines is 1. The van der Waals surface area contributed by atoms with Crippen LogP contribution in [0.3, 0.4) is 0 Å². The van der Waals surface area contributed by atoms with Gasteiger partial charge in [0.25, 0.3) is 0 Å². The van der Waals surface area contributed by atoms with Crippen LogP contribution in [-0.2, 0) is 4.74 Å². The summed E-state index contributed by atoms with van der Waals surface area (Å²) in [5.41, 5.74) is 3.89. The van der Waals surface area contributed by atoms with Crippen molar-refractivity contribution in [1.82, 2.24) is 19.5 Å². The van der Waals surface area contributed by atoms with Crippen LogP contribution in [0, 0.1) is 6.92 Å². The molecule has 0 unspecified atom stereocenters. The second-order valence-corrected chi connectivity index (χ2v) is 8.21. The molecule has 2 aromatic heterocycles. The predicted molar refractivity (Wildman–Crippen MR) is 136 cm³/mol. The van der Waals surface area contributed by atoms with Crippen LogP contribution in [0.1, 0.15) is 12.5 Å². The fourth-order valence-corrected chi connectivity index (χ4v) is 3.64. The Balaban J connectivity index is 1.35. The topological polar surface area (TPSA) is 101 Å². The van der Waals surface area contributed by atoms with Gasteiger partial charge in [-0.05, 0) is 43.7 Å². The zero-order valence-corrected chi connectivity index (χ0v) is 19.8. The average molecular weight is 471 g/mol. The first-order valence-corrected chi connectivity index (χ1v) is 11.2. The molecule has 0 aliphatic carbocycles. The lowest BCUT2D eigenvalue weighted by Crippen LogP contribution is -2.46. The fraction of sp³-hybridized carbons (Fsp3) is 0.240. The quantitative estimate of drug-likeness (QED) is 0.588. The number of nitrogens with one attached hydrogen (secondary N) is 1. The van der Waals surface area contributed by atoms with E-state index in [-0.39, 0.29) is 6.04 Å². The van der Waals surface area contributed by atoms with Gasteiger partial charge in [-0.1, -0.05) is 12.7 Å². The summed E-state index contributed by atoms with van der Waals surface area (Å²) in [5, 5.41) is 7.48. The molecule has 10 heteroatoms. The van der Waals surface area contributed by atoms with Crippen molar-refractivity contribution < 1.29 is 9.47 Å². The fourth-order valence-electron chi connectivity index (χ4n) is 3.64. The van der Waals surface area contributed by atoms with Crippen molar-refractivity contribution in [2.24, 2.45) is 15.0 Å². The van der Waals surface area contributed by atoms with Gasteiger partial charge in [-0.3, -0.25) is 0 Å². The van der Waals surface area contributed by atoms with Crippen LogP contribution in [0.25, 0.3) is 5.65 Å². The number of hydrogen-bond acceptors (Lipinski definition) is 9. The lowest BCUT2D eigenvalue weighted by Gasteiger charge is -2.35.